The lowest BCUT2D eigenvalue weighted by molar-refractivity contribution is -0.147. The van der Waals surface area contributed by atoms with Crippen molar-refractivity contribution >= 4 is 28.6 Å². The van der Waals surface area contributed by atoms with Gasteiger partial charge in [-0.15, -0.1) is 0 Å². The first-order chi connectivity index (χ1) is 5.08. The Morgan fingerprint density at radius 2 is 2.27 bits per heavy atom. The zero-order valence-electron chi connectivity index (χ0n) is 5.96. The Balaban J connectivity index is 2.44. The maximum Gasteiger partial charge on any atom is 0.323 e. The number of halogens is 1. The number of carboxylic acid groups (broad SMARTS) is 1. The summed E-state index contributed by atoms with van der Waals surface area (Å²) < 4.78 is 1.91. The summed E-state index contributed by atoms with van der Waals surface area (Å²) in [5, 5.41) is 8.63. The maximum absolute atomic E-state index is 10.5. The van der Waals surface area contributed by atoms with E-state index in [0.717, 1.165) is 0 Å². The molecule has 62 valence electrons. The van der Waals surface area contributed by atoms with Gasteiger partial charge in [0.15, 0.2) is 0 Å². The molecule has 0 aliphatic heterocycles. The van der Waals surface area contributed by atoms with Crippen molar-refractivity contribution in [2.24, 2.45) is 11.7 Å². The second-order valence-electron chi connectivity index (χ2n) is 2.95. The standard InChI is InChI=1S/C7H10INO2/c8-2-1-5-3-7(9,4-5)6(10)11/h1-2,5H,3-4,9H2,(H,10,11)/b2-1-/i8-4. The minimum absolute atomic E-state index is 0.369. The Labute approximate surface area is 78.8 Å². The van der Waals surface area contributed by atoms with Gasteiger partial charge < -0.3 is 10.8 Å². The van der Waals surface area contributed by atoms with Crippen LogP contribution in [0, 0.1) is 5.92 Å². The minimum Gasteiger partial charge on any atom is -0.480 e. The van der Waals surface area contributed by atoms with Crippen molar-refractivity contribution in [1.29, 1.82) is 0 Å². The van der Waals surface area contributed by atoms with Gasteiger partial charge >= 0.3 is 5.97 Å². The molecule has 1 saturated carbocycles. The zero-order valence-corrected chi connectivity index (χ0v) is 8.11. The summed E-state index contributed by atoms with van der Waals surface area (Å²) in [4.78, 5) is 10.5. The topological polar surface area (TPSA) is 63.3 Å². The Bertz CT molecular complexity index is 197. The van der Waals surface area contributed by atoms with Gasteiger partial charge in [-0.25, -0.2) is 0 Å². The van der Waals surface area contributed by atoms with Crippen LogP contribution in [0.2, 0.25) is 0 Å². The van der Waals surface area contributed by atoms with E-state index in [9.17, 15) is 4.79 Å². The Kier molecular flexibility index (Phi) is 2.54. The number of aliphatic carboxylic acids is 1. The van der Waals surface area contributed by atoms with E-state index in [0.29, 0.717) is 18.8 Å². The van der Waals surface area contributed by atoms with E-state index >= 15 is 0 Å². The Morgan fingerprint density at radius 1 is 1.73 bits per heavy atom. The van der Waals surface area contributed by atoms with Gasteiger partial charge in [0.05, 0.1) is 0 Å². The third kappa shape index (κ3) is 1.73. The van der Waals surface area contributed by atoms with Crippen LogP contribution in [-0.2, 0) is 4.79 Å². The molecule has 3 N–H and O–H groups in total. The first-order valence-electron chi connectivity index (χ1n) is 3.37. The molecule has 1 aliphatic rings. The van der Waals surface area contributed by atoms with Gasteiger partial charge in [0, 0.05) is 0 Å². The fourth-order valence-corrected chi connectivity index (χ4v) is 1.88. The molecule has 0 amide bonds. The molecule has 11 heavy (non-hydrogen) atoms. The van der Waals surface area contributed by atoms with Gasteiger partial charge in [-0.05, 0) is 22.8 Å². The van der Waals surface area contributed by atoms with Crippen LogP contribution < -0.4 is 5.73 Å². The number of carbonyl (C=O) groups is 1. The summed E-state index contributed by atoms with van der Waals surface area (Å²) >= 11 is 2.12. The van der Waals surface area contributed by atoms with Gasteiger partial charge in [-0.2, -0.15) is 0 Å². The molecule has 0 heterocycles. The van der Waals surface area contributed by atoms with Crippen molar-refractivity contribution < 1.29 is 9.90 Å². The highest BCUT2D eigenvalue weighted by molar-refractivity contribution is 14.1. The minimum atomic E-state index is -0.944. The van der Waals surface area contributed by atoms with Crippen LogP contribution in [0.3, 0.4) is 0 Å². The molecule has 1 rings (SSSR count). The molecule has 3 nitrogen and oxygen atoms in total. The van der Waals surface area contributed by atoms with Crippen molar-refractivity contribution in [1.82, 2.24) is 0 Å². The molecule has 0 spiro atoms. The second kappa shape index (κ2) is 3.10. The molecule has 4 heteroatoms. The third-order valence-electron chi connectivity index (χ3n) is 2.02. The molecular formula is C7H10INO2. The lowest BCUT2D eigenvalue weighted by Gasteiger charge is -2.39. The molecule has 1 aliphatic carbocycles. The van der Waals surface area contributed by atoms with E-state index in [1.54, 1.807) is 0 Å². The molecule has 0 saturated heterocycles. The number of rotatable bonds is 2. The molecule has 0 bridgehead atoms. The lowest BCUT2D eigenvalue weighted by Crippen LogP contribution is -2.57. The third-order valence-corrected chi connectivity index (χ3v) is 2.44. The molecule has 0 radical (unpaired) electrons. The van der Waals surface area contributed by atoms with Crippen LogP contribution in [0.25, 0.3) is 0 Å². The van der Waals surface area contributed by atoms with Gasteiger partial charge in [-0.3, -0.25) is 4.79 Å². The number of nitrogens with two attached hydrogens (primary N) is 1. The van der Waals surface area contributed by atoms with Crippen LogP contribution in [0.4, 0.5) is 0 Å². The van der Waals surface area contributed by atoms with Gasteiger partial charge in [0.1, 0.15) is 5.54 Å². The average Bonchev–Trinajstić information content (AvgIpc) is 1.84. The van der Waals surface area contributed by atoms with E-state index in [1.807, 2.05) is 10.2 Å². The molecule has 1 fully saturated rings. The normalized spacial score (nSPS) is 37.1. The second-order valence-corrected chi connectivity index (χ2v) is 3.67. The lowest BCUT2D eigenvalue weighted by atomic mass is 9.69. The molecule has 0 unspecified atom stereocenters. The fraction of sp³-hybridized carbons (Fsp3) is 0.571. The molecular weight excluding hydrogens is 253 g/mol. The van der Waals surface area contributed by atoms with Crippen LogP contribution >= 0.6 is 22.6 Å². The van der Waals surface area contributed by atoms with Crippen molar-refractivity contribution in [2.45, 2.75) is 18.4 Å². The van der Waals surface area contributed by atoms with E-state index in [1.165, 1.54) is 0 Å². The smallest absolute Gasteiger partial charge is 0.323 e. The van der Waals surface area contributed by atoms with E-state index in [-0.39, 0.29) is 0 Å². The number of hydrogen-bond donors (Lipinski definition) is 2. The van der Waals surface area contributed by atoms with Crippen LogP contribution in [-0.4, -0.2) is 16.6 Å². The van der Waals surface area contributed by atoms with Crippen molar-refractivity contribution in [3.8, 4) is 0 Å². The van der Waals surface area contributed by atoms with Crippen molar-refractivity contribution in [2.75, 3.05) is 0 Å². The number of hydrogen-bond acceptors (Lipinski definition) is 2. The highest BCUT2D eigenvalue weighted by Crippen LogP contribution is 2.36. The SMILES string of the molecule is NC1(C(=O)O)CC(/C=C\[123I])C1. The highest BCUT2D eigenvalue weighted by atomic mass is 123. The fourth-order valence-electron chi connectivity index (χ4n) is 1.29. The van der Waals surface area contributed by atoms with Gasteiger partial charge in [-0.1, -0.05) is 28.7 Å². The summed E-state index contributed by atoms with van der Waals surface area (Å²) in [6, 6.07) is 0. The highest BCUT2D eigenvalue weighted by Gasteiger charge is 2.45. The Morgan fingerprint density at radius 3 is 2.64 bits per heavy atom. The first-order valence-corrected chi connectivity index (χ1v) is 4.62. The van der Waals surface area contributed by atoms with E-state index in [4.69, 9.17) is 10.8 Å². The van der Waals surface area contributed by atoms with Gasteiger partial charge in [0.25, 0.3) is 0 Å². The van der Waals surface area contributed by atoms with Crippen LogP contribution in [0.5, 0.6) is 0 Å². The average molecular weight is 263 g/mol. The molecule has 0 aromatic heterocycles. The van der Waals surface area contributed by atoms with Crippen molar-refractivity contribution in [3.05, 3.63) is 10.2 Å². The number of carboxylic acids is 1. The summed E-state index contributed by atoms with van der Waals surface area (Å²) in [6.45, 7) is 0. The maximum atomic E-state index is 10.5. The van der Waals surface area contributed by atoms with Crippen molar-refractivity contribution in [3.63, 3.8) is 0 Å². The molecule has 0 aromatic rings. The van der Waals surface area contributed by atoms with E-state index in [2.05, 4.69) is 22.6 Å². The van der Waals surface area contributed by atoms with E-state index < -0.39 is 11.5 Å². The summed E-state index contributed by atoms with van der Waals surface area (Å²) in [5.41, 5.74) is 4.59. The predicted octanol–water partition coefficient (Wildman–Crippen LogP) is 1.13. The van der Waals surface area contributed by atoms with Gasteiger partial charge in [0.2, 0.25) is 0 Å². The van der Waals surface area contributed by atoms with Crippen LogP contribution in [0.15, 0.2) is 10.2 Å². The zero-order chi connectivity index (χ0) is 8.48. The molecule has 0 aromatic carbocycles. The first kappa shape index (κ1) is 8.99. The summed E-state index contributed by atoms with van der Waals surface area (Å²) in [7, 11) is 0. The van der Waals surface area contributed by atoms with Crippen LogP contribution in [0.1, 0.15) is 12.8 Å². The molecule has 0 atom stereocenters. The Hall–Kier alpha value is -0.100. The quantitative estimate of drug-likeness (QED) is 0.734. The largest absolute Gasteiger partial charge is 0.480 e. The predicted molar refractivity (Wildman–Crippen MR) is 50.4 cm³/mol. The summed E-state index contributed by atoms with van der Waals surface area (Å²) in [6.07, 6.45) is 3.14. The monoisotopic (exact) mass is 263 g/mol. The summed E-state index contributed by atoms with van der Waals surface area (Å²) in [5.74, 6) is -0.511. The number of allylic oxidation sites excluding steroid dienone is 1.